The van der Waals surface area contributed by atoms with E-state index in [0.717, 1.165) is 18.0 Å². The van der Waals surface area contributed by atoms with Gasteiger partial charge in [0.15, 0.2) is 5.89 Å². The third kappa shape index (κ3) is 2.44. The summed E-state index contributed by atoms with van der Waals surface area (Å²) >= 11 is 0. The highest BCUT2D eigenvalue weighted by atomic mass is 16.3. The molecule has 0 bridgehead atoms. The molecule has 0 amide bonds. The van der Waals surface area contributed by atoms with E-state index in [0.29, 0.717) is 6.04 Å². The van der Waals surface area contributed by atoms with Crippen LogP contribution in [-0.4, -0.2) is 36.6 Å². The van der Waals surface area contributed by atoms with Crippen LogP contribution in [0.15, 0.2) is 10.7 Å². The van der Waals surface area contributed by atoms with E-state index in [9.17, 15) is 0 Å². The molecule has 16 heavy (non-hydrogen) atoms. The molecule has 90 valence electrons. The van der Waals surface area contributed by atoms with Crippen molar-refractivity contribution in [2.75, 3.05) is 20.6 Å². The molecule has 0 aromatic carbocycles. The quantitative estimate of drug-likeness (QED) is 0.841. The summed E-state index contributed by atoms with van der Waals surface area (Å²) < 4.78 is 5.52. The summed E-state index contributed by atoms with van der Waals surface area (Å²) in [4.78, 5) is 6.92. The molecule has 1 N–H and O–H groups in total. The molecule has 1 aromatic heterocycles. The molecule has 2 rings (SSSR count). The van der Waals surface area contributed by atoms with Crippen molar-refractivity contribution in [1.82, 2.24) is 15.2 Å². The smallest absolute Gasteiger partial charge is 0.195 e. The van der Waals surface area contributed by atoms with Crippen LogP contribution in [0.25, 0.3) is 0 Å². The Morgan fingerprint density at radius 2 is 2.50 bits per heavy atom. The normalized spacial score (nSPS) is 23.8. The lowest BCUT2D eigenvalue weighted by Crippen LogP contribution is -2.27. The second-order valence-corrected chi connectivity index (χ2v) is 4.66. The average Bonchev–Trinajstić information content (AvgIpc) is 2.89. The van der Waals surface area contributed by atoms with Gasteiger partial charge in [-0.1, -0.05) is 0 Å². The van der Waals surface area contributed by atoms with Gasteiger partial charge in [0.05, 0.1) is 5.69 Å². The van der Waals surface area contributed by atoms with Crippen LogP contribution >= 0.6 is 0 Å². The molecular weight excluding hydrogens is 202 g/mol. The number of nitrogens with one attached hydrogen (secondary N) is 1. The molecule has 2 heterocycles. The fourth-order valence-corrected chi connectivity index (χ4v) is 2.20. The topological polar surface area (TPSA) is 41.3 Å². The molecule has 2 unspecified atom stereocenters. The predicted molar refractivity (Wildman–Crippen MR) is 63.3 cm³/mol. The third-order valence-electron chi connectivity index (χ3n) is 3.53. The van der Waals surface area contributed by atoms with E-state index in [-0.39, 0.29) is 6.04 Å². The fraction of sp³-hybridized carbons (Fsp3) is 0.750. The highest BCUT2D eigenvalue weighted by Crippen LogP contribution is 2.20. The first-order valence-electron chi connectivity index (χ1n) is 6.02. The summed E-state index contributed by atoms with van der Waals surface area (Å²) in [6.45, 7) is 3.29. The largest absolute Gasteiger partial charge is 0.449 e. The van der Waals surface area contributed by atoms with Crippen LogP contribution in [0.5, 0.6) is 0 Å². The summed E-state index contributed by atoms with van der Waals surface area (Å²) in [5.74, 6) is 0.871. The summed E-state index contributed by atoms with van der Waals surface area (Å²) in [5.41, 5.74) is 0.998. The monoisotopic (exact) mass is 223 g/mol. The van der Waals surface area contributed by atoms with Gasteiger partial charge in [-0.2, -0.15) is 0 Å². The summed E-state index contributed by atoms with van der Waals surface area (Å²) in [6.07, 6.45) is 5.26. The van der Waals surface area contributed by atoms with Gasteiger partial charge >= 0.3 is 0 Å². The van der Waals surface area contributed by atoms with Crippen LogP contribution in [0, 0.1) is 0 Å². The second kappa shape index (κ2) is 4.97. The first-order valence-corrected chi connectivity index (χ1v) is 6.02. The number of aromatic nitrogens is 1. The van der Waals surface area contributed by atoms with Crippen molar-refractivity contribution in [3.05, 3.63) is 17.8 Å². The zero-order valence-corrected chi connectivity index (χ0v) is 10.4. The second-order valence-electron chi connectivity index (χ2n) is 4.66. The number of likely N-dealkylation sites (tertiary alicyclic amines) is 1. The summed E-state index contributed by atoms with van der Waals surface area (Å²) in [5, 5.41) is 3.16. The lowest BCUT2D eigenvalue weighted by atomic mass is 10.1. The molecule has 2 atom stereocenters. The Kier molecular flexibility index (Phi) is 3.61. The standard InChI is InChI=1S/C12H21N3O/c1-9(13-2)11-8-16-12(14-11)7-10-5-4-6-15(10)3/h8-10,13H,4-7H2,1-3H3. The molecule has 0 aliphatic carbocycles. The zero-order valence-electron chi connectivity index (χ0n) is 10.4. The minimum absolute atomic E-state index is 0.263. The van der Waals surface area contributed by atoms with E-state index in [4.69, 9.17) is 4.42 Å². The molecule has 1 aliphatic rings. The minimum atomic E-state index is 0.263. The average molecular weight is 223 g/mol. The first kappa shape index (κ1) is 11.6. The van der Waals surface area contributed by atoms with Crippen molar-refractivity contribution < 1.29 is 4.42 Å². The molecule has 0 radical (unpaired) electrons. The number of rotatable bonds is 4. The van der Waals surface area contributed by atoms with Crippen molar-refractivity contribution in [2.45, 2.75) is 38.3 Å². The lowest BCUT2D eigenvalue weighted by Gasteiger charge is -2.17. The SMILES string of the molecule is CNC(C)c1coc(CC2CCCN2C)n1. The maximum atomic E-state index is 5.52. The number of likely N-dealkylation sites (N-methyl/N-ethyl adjacent to an activating group) is 1. The zero-order chi connectivity index (χ0) is 11.5. The molecule has 0 saturated carbocycles. The Labute approximate surface area is 97.0 Å². The molecular formula is C12H21N3O. The van der Waals surface area contributed by atoms with Crippen molar-refractivity contribution >= 4 is 0 Å². The summed E-state index contributed by atoms with van der Waals surface area (Å²) in [7, 11) is 4.11. The van der Waals surface area contributed by atoms with Crippen molar-refractivity contribution in [2.24, 2.45) is 0 Å². The predicted octanol–water partition coefficient (Wildman–Crippen LogP) is 1.59. The van der Waals surface area contributed by atoms with Crippen LogP contribution in [0.4, 0.5) is 0 Å². The van der Waals surface area contributed by atoms with Gasteiger partial charge in [-0.3, -0.25) is 0 Å². The third-order valence-corrected chi connectivity index (χ3v) is 3.53. The Morgan fingerprint density at radius 1 is 1.69 bits per heavy atom. The van der Waals surface area contributed by atoms with E-state index < -0.39 is 0 Å². The van der Waals surface area contributed by atoms with Crippen LogP contribution in [-0.2, 0) is 6.42 Å². The number of hydrogen-bond donors (Lipinski definition) is 1. The molecule has 1 fully saturated rings. The van der Waals surface area contributed by atoms with Crippen molar-refractivity contribution in [3.8, 4) is 0 Å². The molecule has 4 heteroatoms. The molecule has 4 nitrogen and oxygen atoms in total. The van der Waals surface area contributed by atoms with E-state index in [1.54, 1.807) is 6.26 Å². The van der Waals surface area contributed by atoms with Gasteiger partial charge in [0.2, 0.25) is 0 Å². The van der Waals surface area contributed by atoms with E-state index in [1.807, 2.05) is 7.05 Å². The van der Waals surface area contributed by atoms with Crippen molar-refractivity contribution in [1.29, 1.82) is 0 Å². The van der Waals surface area contributed by atoms with E-state index in [1.165, 1.54) is 19.4 Å². The van der Waals surface area contributed by atoms with Gasteiger partial charge in [-0.25, -0.2) is 4.98 Å². The maximum Gasteiger partial charge on any atom is 0.195 e. The van der Waals surface area contributed by atoms with Gasteiger partial charge in [0.25, 0.3) is 0 Å². The Morgan fingerprint density at radius 3 is 3.12 bits per heavy atom. The van der Waals surface area contributed by atoms with Crippen LogP contribution in [0.1, 0.15) is 37.4 Å². The molecule has 1 aliphatic heterocycles. The number of hydrogen-bond acceptors (Lipinski definition) is 4. The van der Waals surface area contributed by atoms with E-state index >= 15 is 0 Å². The van der Waals surface area contributed by atoms with Gasteiger partial charge in [-0.05, 0) is 40.4 Å². The fourth-order valence-electron chi connectivity index (χ4n) is 2.20. The summed E-state index contributed by atoms with van der Waals surface area (Å²) in [6, 6.07) is 0.871. The van der Waals surface area contributed by atoms with Crippen molar-refractivity contribution in [3.63, 3.8) is 0 Å². The first-order chi connectivity index (χ1) is 7.70. The van der Waals surface area contributed by atoms with Crippen LogP contribution in [0.2, 0.25) is 0 Å². The molecule has 1 saturated heterocycles. The van der Waals surface area contributed by atoms with Crippen LogP contribution in [0.3, 0.4) is 0 Å². The van der Waals surface area contributed by atoms with Gasteiger partial charge in [-0.15, -0.1) is 0 Å². The van der Waals surface area contributed by atoms with Crippen LogP contribution < -0.4 is 5.32 Å². The Bertz CT molecular complexity index is 337. The minimum Gasteiger partial charge on any atom is -0.449 e. The Hall–Kier alpha value is -0.870. The highest BCUT2D eigenvalue weighted by Gasteiger charge is 2.23. The maximum absolute atomic E-state index is 5.52. The van der Waals surface area contributed by atoms with Gasteiger partial charge in [0.1, 0.15) is 6.26 Å². The highest BCUT2D eigenvalue weighted by molar-refractivity contribution is 5.03. The molecule has 1 aromatic rings. The van der Waals surface area contributed by atoms with E-state index in [2.05, 4.69) is 29.2 Å². The molecule has 0 spiro atoms. The number of oxazole rings is 1. The van der Waals surface area contributed by atoms with Gasteiger partial charge < -0.3 is 14.6 Å². The number of nitrogens with zero attached hydrogens (tertiary/aromatic N) is 2. The lowest BCUT2D eigenvalue weighted by molar-refractivity contribution is 0.292. The Balaban J connectivity index is 1.97. The van der Waals surface area contributed by atoms with Gasteiger partial charge in [0, 0.05) is 18.5 Å².